The lowest BCUT2D eigenvalue weighted by Gasteiger charge is -2.41. The van der Waals surface area contributed by atoms with E-state index >= 15 is 0 Å². The fourth-order valence-corrected chi connectivity index (χ4v) is 6.70. The van der Waals surface area contributed by atoms with Gasteiger partial charge in [-0.05, 0) is 36.2 Å². The van der Waals surface area contributed by atoms with Gasteiger partial charge < -0.3 is 19.6 Å². The first-order valence-electron chi connectivity index (χ1n) is 12.9. The molecular formula is C29H24F2N6O3. The Morgan fingerprint density at radius 1 is 1.18 bits per heavy atom. The smallest absolute Gasteiger partial charge is 0.387 e. The van der Waals surface area contributed by atoms with Gasteiger partial charge in [-0.15, -0.1) is 0 Å². The highest BCUT2D eigenvalue weighted by Gasteiger charge is 2.59. The van der Waals surface area contributed by atoms with Crippen molar-refractivity contribution in [3.8, 4) is 16.9 Å². The van der Waals surface area contributed by atoms with Crippen LogP contribution in [0.5, 0.6) is 5.75 Å². The van der Waals surface area contributed by atoms with Gasteiger partial charge in [-0.3, -0.25) is 4.79 Å². The predicted octanol–water partition coefficient (Wildman–Crippen LogP) is 4.71. The zero-order valence-electron chi connectivity index (χ0n) is 21.7. The Morgan fingerprint density at radius 2 is 1.93 bits per heavy atom. The number of nitrogens with zero attached hydrogens (tertiary/aromatic N) is 6. The van der Waals surface area contributed by atoms with Gasteiger partial charge >= 0.3 is 6.61 Å². The summed E-state index contributed by atoms with van der Waals surface area (Å²) in [6, 6.07) is 8.20. The molecule has 1 aromatic carbocycles. The van der Waals surface area contributed by atoms with Crippen LogP contribution in [-0.4, -0.2) is 54.7 Å². The number of carbonyl (C=O) groups is 1. The van der Waals surface area contributed by atoms with Crippen LogP contribution >= 0.6 is 0 Å². The maximum Gasteiger partial charge on any atom is 0.387 e. The highest BCUT2D eigenvalue weighted by molar-refractivity contribution is 5.98. The standard InChI is InChI=1S/C29H24F2N6O3/c1-28(32-2)13-29(39,14-28)26-33-11-16(12-34-26)15-7-8-37-19(9-15)23-18-10-20(24(23)35-37)36(3)25(38)17-5-4-6-21(22(17)18)40-27(30)31/h4-9,11-12,18,20,27,39H,10,13-14H2,1,3H3/t18-,20-,28?,29?/m1/s1. The Hall–Kier alpha value is -4.43. The molecule has 2 bridgehead atoms. The van der Waals surface area contributed by atoms with E-state index in [0.717, 1.165) is 27.9 Å². The zero-order chi connectivity index (χ0) is 28.0. The first-order chi connectivity index (χ1) is 19.1. The van der Waals surface area contributed by atoms with Crippen LogP contribution in [0.25, 0.3) is 21.5 Å². The van der Waals surface area contributed by atoms with Crippen molar-refractivity contribution in [3.05, 3.63) is 88.5 Å². The third kappa shape index (κ3) is 3.45. The monoisotopic (exact) mass is 542 g/mol. The summed E-state index contributed by atoms with van der Waals surface area (Å²) in [5.74, 6) is -0.331. The van der Waals surface area contributed by atoms with Crippen molar-refractivity contribution in [1.29, 1.82) is 0 Å². The number of aliphatic hydroxyl groups is 1. The number of ether oxygens (including phenoxy) is 1. The van der Waals surface area contributed by atoms with E-state index in [1.165, 1.54) is 6.07 Å². The molecule has 2 aliphatic carbocycles. The highest BCUT2D eigenvalue weighted by atomic mass is 19.3. The SMILES string of the molecule is [C-]#[N+]C1(C)CC(O)(c2ncc(-c3ccn4nc5c(c4c3)[C@@H]3C[C@H]5N(C)C(=O)c4cccc(OC(F)F)c43)cn2)C1. The second-order valence-corrected chi connectivity index (χ2v) is 11.1. The molecule has 0 saturated heterocycles. The van der Waals surface area contributed by atoms with Crippen LogP contribution in [0.3, 0.4) is 0 Å². The van der Waals surface area contributed by atoms with Gasteiger partial charge in [0.25, 0.3) is 5.91 Å². The zero-order valence-corrected chi connectivity index (χ0v) is 21.7. The minimum atomic E-state index is -3.02. The van der Waals surface area contributed by atoms with Crippen LogP contribution in [0.1, 0.15) is 71.1 Å². The predicted molar refractivity (Wildman–Crippen MR) is 139 cm³/mol. The molecule has 0 spiro atoms. The summed E-state index contributed by atoms with van der Waals surface area (Å²) in [5, 5.41) is 15.7. The van der Waals surface area contributed by atoms with Crippen LogP contribution < -0.4 is 4.74 Å². The maximum atomic E-state index is 13.3. The van der Waals surface area contributed by atoms with E-state index in [4.69, 9.17) is 16.4 Å². The Morgan fingerprint density at radius 3 is 2.62 bits per heavy atom. The number of benzene rings is 1. The van der Waals surface area contributed by atoms with Gasteiger partial charge in [-0.1, -0.05) is 6.07 Å². The van der Waals surface area contributed by atoms with Crippen LogP contribution in [-0.2, 0) is 5.60 Å². The summed E-state index contributed by atoms with van der Waals surface area (Å²) in [5.41, 5.74) is 2.93. The first kappa shape index (κ1) is 24.6. The number of halogens is 2. The normalized spacial score (nSPS) is 26.7. The number of amides is 1. The third-order valence-corrected chi connectivity index (χ3v) is 8.49. The molecule has 1 N–H and O–H groups in total. The first-order valence-corrected chi connectivity index (χ1v) is 12.9. The average Bonchev–Trinajstić information content (AvgIpc) is 3.45. The quantitative estimate of drug-likeness (QED) is 0.375. The molecule has 4 aromatic rings. The molecule has 0 unspecified atom stereocenters. The number of alkyl halides is 2. The van der Waals surface area contributed by atoms with E-state index in [2.05, 4.69) is 14.8 Å². The minimum absolute atomic E-state index is 0.00418. The van der Waals surface area contributed by atoms with E-state index in [1.54, 1.807) is 41.0 Å². The van der Waals surface area contributed by atoms with Gasteiger partial charge in [0.15, 0.2) is 5.82 Å². The third-order valence-electron chi connectivity index (χ3n) is 8.49. The van der Waals surface area contributed by atoms with E-state index in [-0.39, 0.29) is 36.5 Å². The lowest BCUT2D eigenvalue weighted by atomic mass is 9.66. The Balaban J connectivity index is 1.31. The molecule has 202 valence electrons. The Bertz CT molecular complexity index is 1740. The van der Waals surface area contributed by atoms with E-state index in [9.17, 15) is 18.7 Å². The summed E-state index contributed by atoms with van der Waals surface area (Å²) in [6.45, 7) is 6.10. The topological polar surface area (TPSA) is 97.2 Å². The lowest BCUT2D eigenvalue weighted by Crippen LogP contribution is -2.51. The van der Waals surface area contributed by atoms with Crippen molar-refractivity contribution in [2.45, 2.75) is 55.9 Å². The number of hydrogen-bond acceptors (Lipinski definition) is 6. The molecule has 1 saturated carbocycles. The number of pyridine rings is 1. The number of rotatable bonds is 4. The molecule has 1 amide bonds. The number of fused-ring (bicyclic) bond motifs is 9. The van der Waals surface area contributed by atoms with E-state index in [0.29, 0.717) is 23.4 Å². The molecule has 4 heterocycles. The molecule has 0 radical (unpaired) electrons. The second kappa shape index (κ2) is 8.29. The Labute approximate surface area is 227 Å². The number of carbonyl (C=O) groups excluding carboxylic acids is 1. The van der Waals surface area contributed by atoms with Crippen LogP contribution in [0.2, 0.25) is 0 Å². The van der Waals surface area contributed by atoms with E-state index < -0.39 is 17.8 Å². The fraction of sp³-hybridized carbons (Fsp3) is 0.345. The highest BCUT2D eigenvalue weighted by Crippen LogP contribution is 2.54. The molecule has 11 heteroatoms. The molecule has 40 heavy (non-hydrogen) atoms. The molecular weight excluding hydrogens is 518 g/mol. The molecule has 3 aliphatic rings. The van der Waals surface area contributed by atoms with Gasteiger partial charge in [0.1, 0.15) is 11.4 Å². The van der Waals surface area contributed by atoms with Crippen molar-refractivity contribution in [2.75, 3.05) is 7.05 Å². The van der Waals surface area contributed by atoms with Gasteiger partial charge in [-0.2, -0.15) is 13.9 Å². The fourth-order valence-electron chi connectivity index (χ4n) is 6.70. The number of aromatic nitrogens is 4. The summed E-state index contributed by atoms with van der Waals surface area (Å²) >= 11 is 0. The summed E-state index contributed by atoms with van der Waals surface area (Å²) in [7, 11) is 1.71. The van der Waals surface area contributed by atoms with Crippen molar-refractivity contribution in [3.63, 3.8) is 0 Å². The van der Waals surface area contributed by atoms with Crippen molar-refractivity contribution < 1.29 is 23.4 Å². The second-order valence-electron chi connectivity index (χ2n) is 11.1. The van der Waals surface area contributed by atoms with Crippen molar-refractivity contribution in [2.24, 2.45) is 0 Å². The van der Waals surface area contributed by atoms with Crippen molar-refractivity contribution in [1.82, 2.24) is 24.5 Å². The molecule has 1 aliphatic heterocycles. The average molecular weight is 543 g/mol. The molecule has 7 rings (SSSR count). The van der Waals surface area contributed by atoms with Crippen molar-refractivity contribution >= 4 is 11.4 Å². The van der Waals surface area contributed by atoms with Crippen LogP contribution in [0.15, 0.2) is 48.9 Å². The molecule has 3 aromatic heterocycles. The summed E-state index contributed by atoms with van der Waals surface area (Å²) in [4.78, 5) is 27.4. The van der Waals surface area contributed by atoms with Gasteiger partial charge in [0.2, 0.25) is 5.54 Å². The minimum Gasteiger partial charge on any atom is -0.434 e. The summed E-state index contributed by atoms with van der Waals surface area (Å²) in [6.07, 6.45) is 6.20. The van der Waals surface area contributed by atoms with Gasteiger partial charge in [0.05, 0.1) is 30.1 Å². The lowest BCUT2D eigenvalue weighted by molar-refractivity contribution is -0.0809. The molecule has 9 nitrogen and oxygen atoms in total. The summed E-state index contributed by atoms with van der Waals surface area (Å²) < 4.78 is 33.3. The maximum absolute atomic E-state index is 13.3. The van der Waals surface area contributed by atoms with Crippen LogP contribution in [0, 0.1) is 6.57 Å². The van der Waals surface area contributed by atoms with E-state index in [1.807, 2.05) is 25.3 Å². The molecule has 2 atom stereocenters. The largest absolute Gasteiger partial charge is 0.434 e. The molecule has 1 fully saturated rings. The number of hydrogen-bond donors (Lipinski definition) is 1. The van der Waals surface area contributed by atoms with Gasteiger partial charge in [-0.25, -0.2) is 21.1 Å². The van der Waals surface area contributed by atoms with Gasteiger partial charge in [0, 0.05) is 60.7 Å². The van der Waals surface area contributed by atoms with Crippen LogP contribution in [0.4, 0.5) is 8.78 Å². The Kier molecular flexibility index (Phi) is 5.10.